The molecule has 0 heterocycles. The largest absolute Gasteiger partial charge is 0.481 e. The number of carbonyl (C=O) groups excluding carboxylic acids is 1. The molecule has 0 aromatic heterocycles. The lowest BCUT2D eigenvalue weighted by molar-refractivity contribution is -0.150. The van der Waals surface area contributed by atoms with Gasteiger partial charge in [0.2, 0.25) is 0 Å². The van der Waals surface area contributed by atoms with E-state index in [1.807, 2.05) is 0 Å². The Hall–Kier alpha value is -1.84. The van der Waals surface area contributed by atoms with Crippen molar-refractivity contribution < 1.29 is 19.4 Å². The van der Waals surface area contributed by atoms with E-state index in [9.17, 15) is 9.59 Å². The molecule has 4 nitrogen and oxygen atoms in total. The summed E-state index contributed by atoms with van der Waals surface area (Å²) < 4.78 is 5.62. The predicted octanol–water partition coefficient (Wildman–Crippen LogP) is 9.49. The van der Waals surface area contributed by atoms with Gasteiger partial charge >= 0.3 is 11.9 Å². The lowest BCUT2D eigenvalue weighted by atomic mass is 10.1. The highest BCUT2D eigenvalue weighted by Gasteiger charge is 2.14. The highest BCUT2D eigenvalue weighted by molar-refractivity contribution is 5.69. The van der Waals surface area contributed by atoms with Crippen molar-refractivity contribution in [3.05, 3.63) is 36.5 Å². The average Bonchev–Trinajstić information content (AvgIpc) is 2.83. The lowest BCUT2D eigenvalue weighted by Crippen LogP contribution is -2.18. The number of esters is 1. The van der Waals surface area contributed by atoms with E-state index >= 15 is 0 Å². The van der Waals surface area contributed by atoms with E-state index in [1.165, 1.54) is 51.4 Å². The van der Waals surface area contributed by atoms with E-state index < -0.39 is 5.97 Å². The average molecular weight is 491 g/mol. The molecule has 4 heteroatoms. The predicted molar refractivity (Wildman–Crippen MR) is 149 cm³/mol. The Balaban J connectivity index is 3.62. The van der Waals surface area contributed by atoms with Crippen molar-refractivity contribution in [1.82, 2.24) is 0 Å². The van der Waals surface area contributed by atoms with Crippen LogP contribution in [-0.2, 0) is 14.3 Å². The number of rotatable bonds is 25. The molecule has 202 valence electrons. The Morgan fingerprint density at radius 2 is 1.14 bits per heavy atom. The lowest BCUT2D eigenvalue weighted by Gasteiger charge is -2.17. The summed E-state index contributed by atoms with van der Waals surface area (Å²) in [5, 5.41) is 8.80. The van der Waals surface area contributed by atoms with Crippen molar-refractivity contribution in [2.45, 2.75) is 148 Å². The zero-order valence-corrected chi connectivity index (χ0v) is 22.9. The van der Waals surface area contributed by atoms with Gasteiger partial charge in [0.25, 0.3) is 0 Å². The second-order valence-electron chi connectivity index (χ2n) is 9.58. The first-order chi connectivity index (χ1) is 17.1. The van der Waals surface area contributed by atoms with Crippen LogP contribution in [0, 0.1) is 0 Å². The number of hydrogen-bond acceptors (Lipinski definition) is 3. The number of carbonyl (C=O) groups is 2. The molecule has 0 fully saturated rings. The molecule has 0 amide bonds. The monoisotopic (exact) mass is 490 g/mol. The van der Waals surface area contributed by atoms with Crippen molar-refractivity contribution in [3.63, 3.8) is 0 Å². The van der Waals surface area contributed by atoms with Crippen molar-refractivity contribution >= 4 is 11.9 Å². The summed E-state index contributed by atoms with van der Waals surface area (Å²) in [5.41, 5.74) is 0. The summed E-state index contributed by atoms with van der Waals surface area (Å²) in [6.45, 7) is 4.35. The number of carboxylic acid groups (broad SMARTS) is 1. The van der Waals surface area contributed by atoms with Crippen LogP contribution in [-0.4, -0.2) is 23.1 Å². The molecular weight excluding hydrogens is 436 g/mol. The molecule has 1 atom stereocenters. The van der Waals surface area contributed by atoms with Crippen LogP contribution in [0.1, 0.15) is 142 Å². The molecule has 0 aromatic rings. The van der Waals surface area contributed by atoms with Gasteiger partial charge in [0.1, 0.15) is 6.10 Å². The van der Waals surface area contributed by atoms with E-state index in [0.717, 1.165) is 51.4 Å². The number of carboxylic acids is 1. The second kappa shape index (κ2) is 26.8. The topological polar surface area (TPSA) is 63.6 Å². The Bertz CT molecular complexity index is 577. The first kappa shape index (κ1) is 33.2. The molecule has 0 aliphatic rings. The van der Waals surface area contributed by atoms with Gasteiger partial charge in [-0.25, -0.2) is 0 Å². The summed E-state index contributed by atoms with van der Waals surface area (Å²) >= 11 is 0. The van der Waals surface area contributed by atoms with Crippen LogP contribution < -0.4 is 0 Å². The van der Waals surface area contributed by atoms with Crippen LogP contribution in [0.25, 0.3) is 0 Å². The minimum absolute atomic E-state index is 0.122. The molecule has 1 N–H and O–H groups in total. The van der Waals surface area contributed by atoms with Gasteiger partial charge in [-0.3, -0.25) is 9.59 Å². The number of unbranched alkanes of at least 4 members (excludes halogenated alkanes) is 10. The van der Waals surface area contributed by atoms with Crippen LogP contribution in [0.5, 0.6) is 0 Å². The van der Waals surface area contributed by atoms with Crippen LogP contribution in [0.2, 0.25) is 0 Å². The molecule has 0 saturated carbocycles. The van der Waals surface area contributed by atoms with E-state index in [2.05, 4.69) is 50.3 Å². The van der Waals surface area contributed by atoms with Gasteiger partial charge in [-0.05, 0) is 64.2 Å². The van der Waals surface area contributed by atoms with Gasteiger partial charge in [0.15, 0.2) is 0 Å². The van der Waals surface area contributed by atoms with Crippen LogP contribution in [0.4, 0.5) is 0 Å². The first-order valence-corrected chi connectivity index (χ1v) is 14.5. The molecule has 1 unspecified atom stereocenters. The normalized spacial score (nSPS) is 12.7. The summed E-state index contributed by atoms with van der Waals surface area (Å²) in [5.74, 6) is -0.908. The molecule has 0 rings (SSSR count). The summed E-state index contributed by atoms with van der Waals surface area (Å²) in [7, 11) is 0. The van der Waals surface area contributed by atoms with Gasteiger partial charge in [-0.2, -0.15) is 0 Å². The van der Waals surface area contributed by atoms with Crippen molar-refractivity contribution in [3.8, 4) is 0 Å². The summed E-state index contributed by atoms with van der Waals surface area (Å²) in [6, 6.07) is 0. The quantitative estimate of drug-likeness (QED) is 0.0786. The smallest absolute Gasteiger partial charge is 0.306 e. The van der Waals surface area contributed by atoms with Crippen LogP contribution in [0.3, 0.4) is 0 Å². The number of hydrogen-bond donors (Lipinski definition) is 1. The maximum absolute atomic E-state index is 12.1. The third kappa shape index (κ3) is 26.6. The number of allylic oxidation sites excluding steroid dienone is 6. The van der Waals surface area contributed by atoms with Crippen molar-refractivity contribution in [1.29, 1.82) is 0 Å². The molecule has 0 aliphatic heterocycles. The van der Waals surface area contributed by atoms with E-state index in [0.29, 0.717) is 19.3 Å². The van der Waals surface area contributed by atoms with Gasteiger partial charge in [-0.15, -0.1) is 0 Å². The fourth-order valence-corrected chi connectivity index (χ4v) is 3.95. The van der Waals surface area contributed by atoms with Crippen molar-refractivity contribution in [2.75, 3.05) is 0 Å². The molecular formula is C31H54O4. The SMILES string of the molecule is CCCCC/C=C\C/C=C\C/C=C\CCCCCCCCC(=O)OC(CCCC)CCCC(=O)O. The zero-order chi connectivity index (χ0) is 25.8. The van der Waals surface area contributed by atoms with E-state index in [-0.39, 0.29) is 18.5 Å². The molecule has 0 spiro atoms. The third-order valence-electron chi connectivity index (χ3n) is 6.11. The van der Waals surface area contributed by atoms with Gasteiger partial charge < -0.3 is 9.84 Å². The Morgan fingerprint density at radius 3 is 1.74 bits per heavy atom. The Morgan fingerprint density at radius 1 is 0.629 bits per heavy atom. The second-order valence-corrected chi connectivity index (χ2v) is 9.58. The molecule has 0 bridgehead atoms. The fourth-order valence-electron chi connectivity index (χ4n) is 3.95. The maximum Gasteiger partial charge on any atom is 0.306 e. The molecule has 0 aromatic carbocycles. The number of ether oxygens (including phenoxy) is 1. The van der Waals surface area contributed by atoms with Gasteiger partial charge in [0, 0.05) is 12.8 Å². The minimum Gasteiger partial charge on any atom is -0.481 e. The maximum atomic E-state index is 12.1. The fraction of sp³-hybridized carbons (Fsp3) is 0.742. The van der Waals surface area contributed by atoms with Gasteiger partial charge in [-0.1, -0.05) is 102 Å². The minimum atomic E-state index is -0.786. The highest BCUT2D eigenvalue weighted by atomic mass is 16.5. The highest BCUT2D eigenvalue weighted by Crippen LogP contribution is 2.15. The Labute approximate surface area is 216 Å². The summed E-state index contributed by atoms with van der Waals surface area (Å²) in [4.78, 5) is 22.8. The molecule has 0 aliphatic carbocycles. The standard InChI is InChI=1S/C31H54O4/c1-3-5-7-8-9-10-11-12-13-14-15-16-17-18-19-20-21-22-23-28-31(34)35-29(25-6-4-2)26-24-27-30(32)33/h9-10,12-13,15-16,29H,3-8,11,14,17-28H2,1-2H3,(H,32,33)/b10-9-,13-12-,16-15-. The van der Waals surface area contributed by atoms with Gasteiger partial charge in [0.05, 0.1) is 0 Å². The molecule has 0 saturated heterocycles. The van der Waals surface area contributed by atoms with Crippen LogP contribution >= 0.6 is 0 Å². The summed E-state index contributed by atoms with van der Waals surface area (Å²) in [6.07, 6.45) is 33.5. The van der Waals surface area contributed by atoms with E-state index in [1.54, 1.807) is 0 Å². The third-order valence-corrected chi connectivity index (χ3v) is 6.11. The van der Waals surface area contributed by atoms with Crippen molar-refractivity contribution in [2.24, 2.45) is 0 Å². The zero-order valence-electron chi connectivity index (χ0n) is 22.9. The number of aliphatic carboxylic acids is 1. The first-order valence-electron chi connectivity index (χ1n) is 14.5. The molecule has 0 radical (unpaired) electrons. The van der Waals surface area contributed by atoms with Crippen LogP contribution in [0.15, 0.2) is 36.5 Å². The molecule has 35 heavy (non-hydrogen) atoms. The van der Waals surface area contributed by atoms with E-state index in [4.69, 9.17) is 9.84 Å². The Kier molecular flexibility index (Phi) is 25.4.